The summed E-state index contributed by atoms with van der Waals surface area (Å²) in [6.07, 6.45) is -5.36. The maximum absolute atomic E-state index is 13.5. The predicted molar refractivity (Wildman–Crippen MR) is 162 cm³/mol. The summed E-state index contributed by atoms with van der Waals surface area (Å²) >= 11 is 0. The van der Waals surface area contributed by atoms with Crippen LogP contribution >= 0.6 is 0 Å². The third-order valence-electron chi connectivity index (χ3n) is 7.67. The molecule has 12 nitrogen and oxygen atoms in total. The first-order valence-electron chi connectivity index (χ1n) is 14.3. The van der Waals surface area contributed by atoms with Gasteiger partial charge in [-0.3, -0.25) is 9.52 Å². The molecule has 0 bridgehead atoms. The van der Waals surface area contributed by atoms with E-state index in [4.69, 9.17) is 9.26 Å². The monoisotopic (exact) mass is 667 g/mol. The molecule has 3 N–H and O–H groups in total. The zero-order chi connectivity index (χ0) is 34.0. The number of benzene rings is 2. The summed E-state index contributed by atoms with van der Waals surface area (Å²) in [5.41, 5.74) is 0.0342. The minimum absolute atomic E-state index is 0.0169. The lowest BCUT2D eigenvalue weighted by Gasteiger charge is -2.34. The van der Waals surface area contributed by atoms with Crippen molar-refractivity contribution in [2.45, 2.75) is 57.3 Å². The van der Waals surface area contributed by atoms with Crippen LogP contribution in [0.25, 0.3) is 0 Å². The number of rotatable bonds is 8. The summed E-state index contributed by atoms with van der Waals surface area (Å²) in [4.78, 5) is 29.2. The molecule has 1 aliphatic rings. The molecule has 0 saturated heterocycles. The summed E-state index contributed by atoms with van der Waals surface area (Å²) in [7, 11) is -2.59. The van der Waals surface area contributed by atoms with E-state index in [2.05, 4.69) is 15.2 Å². The van der Waals surface area contributed by atoms with E-state index in [1.807, 2.05) is 6.92 Å². The number of carbonyl (C=O) groups excluding carboxylic acids is 2. The number of aromatic nitrogens is 1. The van der Waals surface area contributed by atoms with E-state index < -0.39 is 39.9 Å². The Labute approximate surface area is 264 Å². The van der Waals surface area contributed by atoms with Gasteiger partial charge in [0.15, 0.2) is 10.7 Å². The summed E-state index contributed by atoms with van der Waals surface area (Å²) in [6.45, 7) is 6.39. The van der Waals surface area contributed by atoms with Gasteiger partial charge in [-0.1, -0.05) is 12.1 Å². The molecule has 3 amide bonds. The number of nitrogens with one attached hydrogen (secondary N) is 2. The smallest absolute Gasteiger partial charge is 0.416 e. The van der Waals surface area contributed by atoms with Crippen LogP contribution < -0.4 is 14.8 Å². The number of hydrogen-bond donors (Lipinski definition) is 3. The molecular formula is C30H36F3N5O7S. The highest BCUT2D eigenvalue weighted by atomic mass is 32.2. The van der Waals surface area contributed by atoms with E-state index in [0.29, 0.717) is 11.3 Å². The first-order valence-corrected chi connectivity index (χ1v) is 15.8. The Morgan fingerprint density at radius 1 is 1.17 bits per heavy atom. The van der Waals surface area contributed by atoms with E-state index in [9.17, 15) is 36.3 Å². The zero-order valence-electron chi connectivity index (χ0n) is 25.9. The second-order valence-corrected chi connectivity index (χ2v) is 13.0. The average Bonchev–Trinajstić information content (AvgIpc) is 3.35. The van der Waals surface area contributed by atoms with Gasteiger partial charge in [0, 0.05) is 36.4 Å². The predicted octanol–water partition coefficient (Wildman–Crippen LogP) is 4.42. The van der Waals surface area contributed by atoms with Crippen LogP contribution in [-0.4, -0.2) is 79.3 Å². The number of aliphatic hydroxyl groups is 1. The largest absolute Gasteiger partial charge is 0.488 e. The normalized spacial score (nSPS) is 18.0. The Hall–Kier alpha value is -4.31. The highest BCUT2D eigenvalue weighted by molar-refractivity contribution is 7.92. The number of urea groups is 1. The van der Waals surface area contributed by atoms with Gasteiger partial charge in [0.2, 0.25) is 5.91 Å². The molecule has 4 rings (SSSR count). The summed E-state index contributed by atoms with van der Waals surface area (Å²) < 4.78 is 78.9. The standard InChI is InChI=1S/C30H36F3N5O7S/c1-17-14-38(18(2)16-39)27(40)13-21-12-24(36-46(42,43)28-19(3)35-45-20(28)4)10-11-25(21)44-26(17)15-37(5)29(41)34-23-8-6-22(7-9-23)30(31,32)33/h6-12,17-18,26,36,39H,13-16H2,1-5H3,(H,34,41)/t17-,18+,26+/m1/s1. The molecule has 0 radical (unpaired) electrons. The number of amides is 3. The molecular weight excluding hydrogens is 631 g/mol. The van der Waals surface area contributed by atoms with E-state index in [1.54, 1.807) is 6.92 Å². The Bertz CT molecular complexity index is 1660. The lowest BCUT2D eigenvalue weighted by molar-refractivity contribution is -0.137. The lowest BCUT2D eigenvalue weighted by Crippen LogP contribution is -2.48. The summed E-state index contributed by atoms with van der Waals surface area (Å²) in [5, 5.41) is 16.1. The summed E-state index contributed by atoms with van der Waals surface area (Å²) in [5.74, 6) is -0.273. The molecule has 0 aliphatic carbocycles. The van der Waals surface area contributed by atoms with Gasteiger partial charge in [0.1, 0.15) is 17.5 Å². The minimum Gasteiger partial charge on any atom is -0.488 e. The van der Waals surface area contributed by atoms with Crippen molar-refractivity contribution in [3.63, 3.8) is 0 Å². The maximum atomic E-state index is 13.5. The van der Waals surface area contributed by atoms with Gasteiger partial charge in [-0.25, -0.2) is 13.2 Å². The van der Waals surface area contributed by atoms with Crippen molar-refractivity contribution in [3.8, 4) is 5.75 Å². The molecule has 16 heteroatoms. The molecule has 1 aliphatic heterocycles. The van der Waals surface area contributed by atoms with Gasteiger partial charge in [0.05, 0.1) is 31.2 Å². The third kappa shape index (κ3) is 7.91. The molecule has 250 valence electrons. The molecule has 0 unspecified atom stereocenters. The fourth-order valence-corrected chi connectivity index (χ4v) is 6.47. The number of aryl methyl sites for hydroxylation is 2. The Kier molecular flexibility index (Phi) is 10.2. The number of hydrogen-bond acceptors (Lipinski definition) is 8. The van der Waals surface area contributed by atoms with Crippen LogP contribution in [0.1, 0.15) is 36.4 Å². The molecule has 2 heterocycles. The fraction of sp³-hybridized carbons (Fsp3) is 0.433. The van der Waals surface area contributed by atoms with E-state index >= 15 is 0 Å². The SMILES string of the molecule is Cc1noc(C)c1S(=O)(=O)Nc1ccc2c(c1)CC(=O)N([C@@H](C)CO)C[C@@H](C)[C@H](CN(C)C(=O)Nc1ccc(C(F)(F)F)cc1)O2. The number of ether oxygens (including phenoxy) is 1. The quantitative estimate of drug-likeness (QED) is 0.319. The van der Waals surface area contributed by atoms with Crippen LogP contribution in [-0.2, 0) is 27.4 Å². The number of likely N-dealkylation sites (N-methyl/N-ethyl adjacent to an activating group) is 1. The number of anilines is 2. The maximum Gasteiger partial charge on any atom is 0.416 e. The van der Waals surface area contributed by atoms with Gasteiger partial charge < -0.3 is 29.5 Å². The van der Waals surface area contributed by atoms with Crippen molar-refractivity contribution >= 4 is 33.3 Å². The molecule has 1 aromatic heterocycles. The van der Waals surface area contributed by atoms with Crippen LogP contribution in [0.3, 0.4) is 0 Å². The minimum atomic E-state index is -4.51. The van der Waals surface area contributed by atoms with Crippen LogP contribution in [0, 0.1) is 19.8 Å². The van der Waals surface area contributed by atoms with Crippen molar-refractivity contribution in [1.29, 1.82) is 0 Å². The topological polar surface area (TPSA) is 154 Å². The van der Waals surface area contributed by atoms with Gasteiger partial charge in [0.25, 0.3) is 10.0 Å². The molecule has 2 aromatic carbocycles. The van der Waals surface area contributed by atoms with Crippen LogP contribution in [0.4, 0.5) is 29.3 Å². The number of halogens is 3. The lowest BCUT2D eigenvalue weighted by atomic mass is 10.0. The second-order valence-electron chi connectivity index (χ2n) is 11.4. The van der Waals surface area contributed by atoms with Crippen molar-refractivity contribution < 1.29 is 45.5 Å². The van der Waals surface area contributed by atoms with Crippen molar-refractivity contribution in [2.24, 2.45) is 5.92 Å². The third-order valence-corrected chi connectivity index (χ3v) is 9.29. The number of aliphatic hydroxyl groups excluding tert-OH is 1. The van der Waals surface area contributed by atoms with Crippen LogP contribution in [0.15, 0.2) is 51.9 Å². The number of alkyl halides is 3. The van der Waals surface area contributed by atoms with Gasteiger partial charge in [-0.05, 0) is 63.2 Å². The summed E-state index contributed by atoms with van der Waals surface area (Å²) in [6, 6.07) is 7.39. The fourth-order valence-electron chi connectivity index (χ4n) is 5.09. The molecule has 3 aromatic rings. The highest BCUT2D eigenvalue weighted by Crippen LogP contribution is 2.32. The average molecular weight is 668 g/mol. The zero-order valence-corrected chi connectivity index (χ0v) is 26.7. The highest BCUT2D eigenvalue weighted by Gasteiger charge is 2.33. The molecule has 46 heavy (non-hydrogen) atoms. The van der Waals surface area contributed by atoms with Crippen molar-refractivity contribution in [1.82, 2.24) is 15.0 Å². The number of fused-ring (bicyclic) bond motifs is 1. The Morgan fingerprint density at radius 2 is 1.83 bits per heavy atom. The molecule has 3 atom stereocenters. The van der Waals surface area contributed by atoms with Gasteiger partial charge in [-0.2, -0.15) is 13.2 Å². The van der Waals surface area contributed by atoms with Crippen molar-refractivity contribution in [3.05, 3.63) is 65.0 Å². The first-order chi connectivity index (χ1) is 21.5. The first kappa shape index (κ1) is 34.6. The second kappa shape index (κ2) is 13.6. The van der Waals surface area contributed by atoms with E-state index in [-0.39, 0.29) is 65.7 Å². The van der Waals surface area contributed by atoms with Crippen LogP contribution in [0.5, 0.6) is 5.75 Å². The Balaban J connectivity index is 1.60. The van der Waals surface area contributed by atoms with Gasteiger partial charge >= 0.3 is 12.2 Å². The van der Waals surface area contributed by atoms with Gasteiger partial charge in [-0.15, -0.1) is 0 Å². The Morgan fingerprint density at radius 3 is 2.41 bits per heavy atom. The molecule has 0 saturated carbocycles. The van der Waals surface area contributed by atoms with E-state index in [1.165, 1.54) is 48.9 Å². The number of nitrogens with zero attached hydrogens (tertiary/aromatic N) is 3. The molecule has 0 fully saturated rings. The molecule has 0 spiro atoms. The van der Waals surface area contributed by atoms with E-state index in [0.717, 1.165) is 24.3 Å². The number of carbonyl (C=O) groups is 2. The van der Waals surface area contributed by atoms with Crippen LogP contribution in [0.2, 0.25) is 0 Å². The van der Waals surface area contributed by atoms with Crippen molar-refractivity contribution in [2.75, 3.05) is 36.8 Å². The number of sulfonamides is 1.